The molecule has 0 spiro atoms. The number of hydrogen-bond donors (Lipinski definition) is 1. The zero-order valence-electron chi connectivity index (χ0n) is 16.3. The van der Waals surface area contributed by atoms with Gasteiger partial charge >= 0.3 is 0 Å². The first-order valence-corrected chi connectivity index (χ1v) is 10.2. The minimum Gasteiger partial charge on any atom is -0.355 e. The molecule has 5 rings (SSSR count). The van der Waals surface area contributed by atoms with E-state index in [1.165, 1.54) is 30.9 Å². The number of nitrogens with zero attached hydrogens (tertiary/aromatic N) is 5. The molecular formula is C22H15FN6OS. The highest BCUT2D eigenvalue weighted by atomic mass is 32.2. The van der Waals surface area contributed by atoms with Crippen LogP contribution >= 0.6 is 11.8 Å². The SMILES string of the molecule is CNC(=O)c1ccc(-c2ccc3nnc(Sc4ccc5ncccc5c4)n3n2)cc1F. The fraction of sp³-hybridized carbons (Fsp3) is 0.0455. The van der Waals surface area contributed by atoms with Crippen molar-refractivity contribution in [3.8, 4) is 11.3 Å². The summed E-state index contributed by atoms with van der Waals surface area (Å²) in [6.07, 6.45) is 1.76. The average molecular weight is 430 g/mol. The van der Waals surface area contributed by atoms with E-state index in [1.54, 1.807) is 28.9 Å². The number of pyridine rings is 1. The topological polar surface area (TPSA) is 85.1 Å². The number of rotatable bonds is 4. The number of carbonyl (C=O) groups excluding carboxylic acids is 1. The van der Waals surface area contributed by atoms with Crippen LogP contribution in [-0.2, 0) is 0 Å². The van der Waals surface area contributed by atoms with Crippen molar-refractivity contribution in [3.63, 3.8) is 0 Å². The Morgan fingerprint density at radius 3 is 2.81 bits per heavy atom. The summed E-state index contributed by atoms with van der Waals surface area (Å²) < 4.78 is 16.0. The molecule has 0 aliphatic carbocycles. The highest BCUT2D eigenvalue weighted by Gasteiger charge is 2.14. The lowest BCUT2D eigenvalue weighted by Crippen LogP contribution is -2.19. The van der Waals surface area contributed by atoms with E-state index in [4.69, 9.17) is 0 Å². The molecule has 2 aromatic carbocycles. The summed E-state index contributed by atoms with van der Waals surface area (Å²) >= 11 is 1.43. The molecule has 31 heavy (non-hydrogen) atoms. The van der Waals surface area contributed by atoms with Crippen molar-refractivity contribution in [2.45, 2.75) is 10.1 Å². The monoisotopic (exact) mass is 430 g/mol. The van der Waals surface area contributed by atoms with Crippen LogP contribution in [0.2, 0.25) is 0 Å². The second kappa shape index (κ2) is 7.77. The van der Waals surface area contributed by atoms with Crippen LogP contribution in [0.25, 0.3) is 27.8 Å². The second-order valence-corrected chi connectivity index (χ2v) is 7.75. The Labute approximate surface area is 180 Å². The highest BCUT2D eigenvalue weighted by molar-refractivity contribution is 7.99. The molecule has 0 unspecified atom stereocenters. The number of carbonyl (C=O) groups is 1. The molecule has 5 aromatic rings. The number of hydrogen-bond acceptors (Lipinski definition) is 6. The Hall–Kier alpha value is -3.85. The van der Waals surface area contributed by atoms with Crippen LogP contribution in [0.3, 0.4) is 0 Å². The number of benzene rings is 2. The number of fused-ring (bicyclic) bond motifs is 2. The summed E-state index contributed by atoms with van der Waals surface area (Å²) in [5.41, 5.74) is 2.57. The van der Waals surface area contributed by atoms with E-state index >= 15 is 0 Å². The quantitative estimate of drug-likeness (QED) is 0.464. The number of amides is 1. The van der Waals surface area contributed by atoms with Gasteiger partial charge < -0.3 is 5.32 Å². The maximum absolute atomic E-state index is 14.4. The molecule has 0 saturated carbocycles. The molecule has 0 aliphatic rings. The van der Waals surface area contributed by atoms with E-state index in [0.29, 0.717) is 22.1 Å². The molecule has 1 amide bonds. The van der Waals surface area contributed by atoms with Crippen LogP contribution in [0.4, 0.5) is 4.39 Å². The summed E-state index contributed by atoms with van der Waals surface area (Å²) in [5, 5.41) is 17.0. The zero-order chi connectivity index (χ0) is 21.4. The largest absolute Gasteiger partial charge is 0.355 e. The Kier molecular flexibility index (Phi) is 4.79. The second-order valence-electron chi connectivity index (χ2n) is 6.70. The van der Waals surface area contributed by atoms with Crippen LogP contribution in [0.1, 0.15) is 10.4 Å². The predicted molar refractivity (Wildman–Crippen MR) is 115 cm³/mol. The van der Waals surface area contributed by atoms with E-state index in [0.717, 1.165) is 15.8 Å². The lowest BCUT2D eigenvalue weighted by molar-refractivity contribution is 0.0959. The third-order valence-corrected chi connectivity index (χ3v) is 5.68. The van der Waals surface area contributed by atoms with Gasteiger partial charge in [0.2, 0.25) is 5.16 Å². The maximum atomic E-state index is 14.4. The summed E-state index contributed by atoms with van der Waals surface area (Å²) in [4.78, 5) is 17.0. The normalized spacial score (nSPS) is 11.2. The molecule has 0 atom stereocenters. The van der Waals surface area contributed by atoms with Crippen molar-refractivity contribution in [2.24, 2.45) is 0 Å². The summed E-state index contributed by atoms with van der Waals surface area (Å²) in [7, 11) is 1.46. The molecule has 9 heteroatoms. The Bertz CT molecular complexity index is 1450. The van der Waals surface area contributed by atoms with Crippen molar-refractivity contribution in [1.82, 2.24) is 30.1 Å². The van der Waals surface area contributed by atoms with Gasteiger partial charge in [0.25, 0.3) is 5.91 Å². The van der Waals surface area contributed by atoms with E-state index in [1.807, 2.05) is 30.3 Å². The van der Waals surface area contributed by atoms with Crippen LogP contribution in [0.15, 0.2) is 76.9 Å². The molecule has 3 heterocycles. The molecule has 0 aliphatic heterocycles. The zero-order valence-corrected chi connectivity index (χ0v) is 17.1. The van der Waals surface area contributed by atoms with Gasteiger partial charge in [-0.05, 0) is 60.3 Å². The molecule has 0 radical (unpaired) electrons. The summed E-state index contributed by atoms with van der Waals surface area (Å²) in [6.45, 7) is 0. The van der Waals surface area contributed by atoms with Crippen molar-refractivity contribution in [3.05, 3.63) is 78.2 Å². The minimum atomic E-state index is -0.609. The standard InChI is InChI=1S/C22H15FN6OS/c1-24-21(30)16-6-4-14(12-17(16)23)19-8-9-20-26-27-22(29(20)28-19)31-15-5-7-18-13(11-15)3-2-10-25-18/h2-12H,1H3,(H,24,30). The minimum absolute atomic E-state index is 0.0151. The van der Waals surface area contributed by atoms with Gasteiger partial charge in [-0.15, -0.1) is 10.2 Å². The van der Waals surface area contributed by atoms with Gasteiger partial charge in [-0.25, -0.2) is 4.39 Å². The molecular weight excluding hydrogens is 415 g/mol. The molecule has 3 aromatic heterocycles. The van der Waals surface area contributed by atoms with Crippen molar-refractivity contribution < 1.29 is 9.18 Å². The summed E-state index contributed by atoms with van der Waals surface area (Å²) in [6, 6.07) is 17.8. The van der Waals surface area contributed by atoms with Crippen LogP contribution in [0.5, 0.6) is 0 Å². The van der Waals surface area contributed by atoms with E-state index < -0.39 is 11.7 Å². The molecule has 1 N–H and O–H groups in total. The van der Waals surface area contributed by atoms with Crippen molar-refractivity contribution in [2.75, 3.05) is 7.05 Å². The molecule has 152 valence electrons. The molecule has 7 nitrogen and oxygen atoms in total. The van der Waals surface area contributed by atoms with Crippen LogP contribution in [0, 0.1) is 5.82 Å². The average Bonchev–Trinajstić information content (AvgIpc) is 3.20. The van der Waals surface area contributed by atoms with E-state index in [9.17, 15) is 9.18 Å². The predicted octanol–water partition coefficient (Wildman–Crippen LogP) is 3.99. The molecule has 0 bridgehead atoms. The van der Waals surface area contributed by atoms with E-state index in [2.05, 4.69) is 25.6 Å². The third kappa shape index (κ3) is 3.59. The Morgan fingerprint density at radius 2 is 1.97 bits per heavy atom. The van der Waals surface area contributed by atoms with Gasteiger partial charge in [0.1, 0.15) is 5.82 Å². The van der Waals surface area contributed by atoms with Gasteiger partial charge in [-0.3, -0.25) is 9.78 Å². The van der Waals surface area contributed by atoms with Crippen LogP contribution in [-0.4, -0.2) is 37.8 Å². The van der Waals surface area contributed by atoms with Gasteiger partial charge in [0, 0.05) is 29.1 Å². The fourth-order valence-electron chi connectivity index (χ4n) is 3.20. The number of aromatic nitrogens is 5. The Balaban J connectivity index is 1.51. The Morgan fingerprint density at radius 1 is 1.06 bits per heavy atom. The van der Waals surface area contributed by atoms with Crippen LogP contribution < -0.4 is 5.32 Å². The smallest absolute Gasteiger partial charge is 0.253 e. The van der Waals surface area contributed by atoms with Crippen molar-refractivity contribution >= 4 is 34.2 Å². The third-order valence-electron chi connectivity index (χ3n) is 4.75. The van der Waals surface area contributed by atoms with Gasteiger partial charge in [-0.2, -0.15) is 9.61 Å². The van der Waals surface area contributed by atoms with E-state index in [-0.39, 0.29) is 5.56 Å². The lowest BCUT2D eigenvalue weighted by atomic mass is 10.1. The van der Waals surface area contributed by atoms with Crippen molar-refractivity contribution in [1.29, 1.82) is 0 Å². The van der Waals surface area contributed by atoms with Gasteiger partial charge in [0.05, 0.1) is 16.8 Å². The highest BCUT2D eigenvalue weighted by Crippen LogP contribution is 2.29. The molecule has 0 fully saturated rings. The van der Waals surface area contributed by atoms with Gasteiger partial charge in [-0.1, -0.05) is 12.1 Å². The lowest BCUT2D eigenvalue weighted by Gasteiger charge is -2.06. The first kappa shape index (κ1) is 19.1. The first-order chi connectivity index (χ1) is 15.1. The first-order valence-electron chi connectivity index (χ1n) is 9.39. The fourth-order valence-corrected chi connectivity index (χ4v) is 4.04. The maximum Gasteiger partial charge on any atom is 0.253 e. The number of nitrogens with one attached hydrogen (secondary N) is 1. The van der Waals surface area contributed by atoms with Gasteiger partial charge in [0.15, 0.2) is 5.65 Å². The molecule has 0 saturated heterocycles. The summed E-state index contributed by atoms with van der Waals surface area (Å²) in [5.74, 6) is -1.09. The number of halogens is 1.